The van der Waals surface area contributed by atoms with Gasteiger partial charge in [-0.1, -0.05) is 80.4 Å². The van der Waals surface area contributed by atoms with Gasteiger partial charge in [0.15, 0.2) is 0 Å². The Hall–Kier alpha value is -3.02. The van der Waals surface area contributed by atoms with Gasteiger partial charge in [0.1, 0.15) is 5.82 Å². The predicted octanol–water partition coefficient (Wildman–Crippen LogP) is 7.27. The fourth-order valence-corrected chi connectivity index (χ4v) is 3.56. The van der Waals surface area contributed by atoms with Gasteiger partial charge in [0.25, 0.3) is 0 Å². The number of hydrogen-bond donors (Lipinski definition) is 2. The van der Waals surface area contributed by atoms with Crippen molar-refractivity contribution in [1.82, 2.24) is 9.78 Å². The Kier molecular flexibility index (Phi) is 5.65. The largest absolute Gasteiger partial charge is 0.324 e. The molecular formula is C24H22Cl2N4O. The van der Waals surface area contributed by atoms with Crippen LogP contribution in [-0.2, 0) is 5.41 Å². The third kappa shape index (κ3) is 4.53. The molecule has 0 aliphatic heterocycles. The molecule has 158 valence electrons. The number of halogens is 2. The van der Waals surface area contributed by atoms with E-state index in [1.54, 1.807) is 22.9 Å². The SMILES string of the molecule is CC(C)(C)c1cc(NC(=O)Nc2cccc(Cl)c2Cl)n(-c2ccc3ccccc3c2)n1. The molecule has 1 aromatic heterocycles. The topological polar surface area (TPSA) is 59.0 Å². The fourth-order valence-electron chi connectivity index (χ4n) is 3.21. The van der Waals surface area contributed by atoms with E-state index in [0.717, 1.165) is 22.2 Å². The molecule has 0 bridgehead atoms. The number of anilines is 2. The Labute approximate surface area is 191 Å². The average molecular weight is 453 g/mol. The van der Waals surface area contributed by atoms with Gasteiger partial charge in [-0.15, -0.1) is 0 Å². The number of fused-ring (bicyclic) bond motifs is 1. The van der Waals surface area contributed by atoms with E-state index in [1.165, 1.54) is 0 Å². The molecule has 0 saturated carbocycles. The molecule has 5 nitrogen and oxygen atoms in total. The van der Waals surface area contributed by atoms with Gasteiger partial charge in [-0.25, -0.2) is 9.48 Å². The van der Waals surface area contributed by atoms with Crippen LogP contribution in [0.4, 0.5) is 16.3 Å². The van der Waals surface area contributed by atoms with Gasteiger partial charge < -0.3 is 5.32 Å². The molecule has 0 aliphatic carbocycles. The number of aromatic nitrogens is 2. The number of rotatable bonds is 3. The van der Waals surface area contributed by atoms with E-state index in [-0.39, 0.29) is 10.4 Å². The summed E-state index contributed by atoms with van der Waals surface area (Å²) >= 11 is 12.2. The molecule has 0 fully saturated rings. The summed E-state index contributed by atoms with van der Waals surface area (Å²) in [6.07, 6.45) is 0. The van der Waals surface area contributed by atoms with E-state index >= 15 is 0 Å². The first kappa shape index (κ1) is 21.2. The number of amides is 2. The zero-order valence-corrected chi connectivity index (χ0v) is 18.9. The summed E-state index contributed by atoms with van der Waals surface area (Å²) in [5.74, 6) is 0.552. The summed E-state index contributed by atoms with van der Waals surface area (Å²) in [6, 6.07) is 20.7. The Morgan fingerprint density at radius 1 is 0.903 bits per heavy atom. The second-order valence-corrected chi connectivity index (χ2v) is 9.07. The van der Waals surface area contributed by atoms with Crippen LogP contribution in [0.15, 0.2) is 66.7 Å². The molecule has 0 spiro atoms. The number of nitrogens with zero attached hydrogens (tertiary/aromatic N) is 2. The van der Waals surface area contributed by atoms with Crippen LogP contribution in [0.25, 0.3) is 16.5 Å². The molecule has 0 saturated heterocycles. The standard InChI is InChI=1S/C24H22Cl2N4O/c1-24(2,3)20-14-21(28-23(31)27-19-10-6-9-18(25)22(19)26)30(29-20)17-12-11-15-7-4-5-8-16(15)13-17/h4-14H,1-3H3,(H2,27,28,31). The van der Waals surface area contributed by atoms with Crippen molar-refractivity contribution in [2.24, 2.45) is 0 Å². The molecular weight excluding hydrogens is 431 g/mol. The number of hydrogen-bond acceptors (Lipinski definition) is 2. The minimum absolute atomic E-state index is 0.189. The third-order valence-corrected chi connectivity index (χ3v) is 5.72. The maximum absolute atomic E-state index is 12.7. The van der Waals surface area contributed by atoms with Crippen LogP contribution in [0.3, 0.4) is 0 Å². The lowest BCUT2D eigenvalue weighted by molar-refractivity contribution is 0.262. The van der Waals surface area contributed by atoms with E-state index in [0.29, 0.717) is 16.5 Å². The predicted molar refractivity (Wildman–Crippen MR) is 129 cm³/mol. The summed E-state index contributed by atoms with van der Waals surface area (Å²) in [4.78, 5) is 12.7. The molecule has 7 heteroatoms. The summed E-state index contributed by atoms with van der Waals surface area (Å²) in [5, 5.41) is 13.3. The van der Waals surface area contributed by atoms with Gasteiger partial charge in [0.2, 0.25) is 0 Å². The average Bonchev–Trinajstić information content (AvgIpc) is 3.15. The van der Waals surface area contributed by atoms with Gasteiger partial charge in [-0.3, -0.25) is 5.32 Å². The first-order valence-electron chi connectivity index (χ1n) is 9.84. The van der Waals surface area contributed by atoms with Crippen molar-refractivity contribution in [2.45, 2.75) is 26.2 Å². The molecule has 1 heterocycles. The van der Waals surface area contributed by atoms with Crippen LogP contribution in [0, 0.1) is 0 Å². The molecule has 3 aromatic carbocycles. The lowest BCUT2D eigenvalue weighted by atomic mass is 9.92. The van der Waals surface area contributed by atoms with Gasteiger partial charge in [0, 0.05) is 11.5 Å². The van der Waals surface area contributed by atoms with Crippen LogP contribution in [0.2, 0.25) is 10.0 Å². The molecule has 0 radical (unpaired) electrons. The van der Waals surface area contributed by atoms with E-state index in [4.69, 9.17) is 28.3 Å². The van der Waals surface area contributed by atoms with Crippen LogP contribution in [0.5, 0.6) is 0 Å². The van der Waals surface area contributed by atoms with Crippen molar-refractivity contribution in [3.63, 3.8) is 0 Å². The van der Waals surface area contributed by atoms with Gasteiger partial charge >= 0.3 is 6.03 Å². The zero-order valence-electron chi connectivity index (χ0n) is 17.4. The minimum atomic E-state index is -0.438. The number of nitrogens with one attached hydrogen (secondary N) is 2. The highest BCUT2D eigenvalue weighted by Gasteiger charge is 2.22. The monoisotopic (exact) mass is 452 g/mol. The number of urea groups is 1. The Morgan fingerprint density at radius 2 is 1.65 bits per heavy atom. The third-order valence-electron chi connectivity index (χ3n) is 4.90. The van der Waals surface area contributed by atoms with Crippen molar-refractivity contribution in [1.29, 1.82) is 0 Å². The number of carbonyl (C=O) groups excluding carboxylic acids is 1. The summed E-state index contributed by atoms with van der Waals surface area (Å²) in [6.45, 7) is 6.24. The van der Waals surface area contributed by atoms with E-state index in [9.17, 15) is 4.79 Å². The van der Waals surface area contributed by atoms with Crippen molar-refractivity contribution in [3.05, 3.63) is 82.5 Å². The lowest BCUT2D eigenvalue weighted by Crippen LogP contribution is -2.21. The molecule has 0 atom stereocenters. The second kappa shape index (κ2) is 8.25. The fraction of sp³-hybridized carbons (Fsp3) is 0.167. The second-order valence-electron chi connectivity index (χ2n) is 8.29. The van der Waals surface area contributed by atoms with Crippen molar-refractivity contribution >= 4 is 51.5 Å². The van der Waals surface area contributed by atoms with Gasteiger partial charge in [-0.2, -0.15) is 5.10 Å². The molecule has 4 aromatic rings. The summed E-state index contributed by atoms with van der Waals surface area (Å²) in [5.41, 5.74) is 1.95. The van der Waals surface area contributed by atoms with Crippen LogP contribution >= 0.6 is 23.2 Å². The Morgan fingerprint density at radius 3 is 2.39 bits per heavy atom. The van der Waals surface area contributed by atoms with E-state index < -0.39 is 6.03 Å². The molecule has 31 heavy (non-hydrogen) atoms. The van der Waals surface area contributed by atoms with Gasteiger partial charge in [-0.05, 0) is 35.0 Å². The van der Waals surface area contributed by atoms with Gasteiger partial charge in [0.05, 0.1) is 27.1 Å². The first-order valence-corrected chi connectivity index (χ1v) is 10.6. The Bertz CT molecular complexity index is 1270. The van der Waals surface area contributed by atoms with E-state index in [2.05, 4.69) is 37.5 Å². The maximum atomic E-state index is 12.7. The van der Waals surface area contributed by atoms with E-state index in [1.807, 2.05) is 42.5 Å². The lowest BCUT2D eigenvalue weighted by Gasteiger charge is -2.14. The highest BCUT2D eigenvalue weighted by molar-refractivity contribution is 6.44. The van der Waals surface area contributed by atoms with Crippen LogP contribution in [0.1, 0.15) is 26.5 Å². The molecule has 2 N–H and O–H groups in total. The quantitative estimate of drug-likeness (QED) is 0.343. The van der Waals surface area contributed by atoms with Crippen molar-refractivity contribution in [2.75, 3.05) is 10.6 Å². The Balaban J connectivity index is 1.70. The normalized spacial score (nSPS) is 11.5. The van der Waals surface area contributed by atoms with Crippen LogP contribution < -0.4 is 10.6 Å². The van der Waals surface area contributed by atoms with Crippen LogP contribution in [-0.4, -0.2) is 15.8 Å². The first-order chi connectivity index (χ1) is 14.7. The van der Waals surface area contributed by atoms with Crippen molar-refractivity contribution in [3.8, 4) is 5.69 Å². The minimum Gasteiger partial charge on any atom is -0.306 e. The highest BCUT2D eigenvalue weighted by atomic mass is 35.5. The summed E-state index contributed by atoms with van der Waals surface area (Å²) in [7, 11) is 0. The van der Waals surface area contributed by atoms with Crippen molar-refractivity contribution < 1.29 is 4.79 Å². The number of carbonyl (C=O) groups is 1. The molecule has 0 unspecified atom stereocenters. The smallest absolute Gasteiger partial charge is 0.306 e. The zero-order chi connectivity index (χ0) is 22.2. The maximum Gasteiger partial charge on any atom is 0.324 e. The highest BCUT2D eigenvalue weighted by Crippen LogP contribution is 2.30. The summed E-state index contributed by atoms with van der Waals surface area (Å²) < 4.78 is 1.74. The molecule has 0 aliphatic rings. The number of benzene rings is 3. The molecule has 4 rings (SSSR count). The molecule has 2 amide bonds.